The number of halogens is 1. The van der Waals surface area contributed by atoms with Crippen LogP contribution in [-0.4, -0.2) is 5.11 Å². The molecule has 0 radical (unpaired) electrons. The molecule has 1 aromatic heterocycles. The highest BCUT2D eigenvalue weighted by atomic mass is 79.9. The first-order valence-electron chi connectivity index (χ1n) is 5.29. The number of aliphatic hydroxyl groups excluding tert-OH is 1. The van der Waals surface area contributed by atoms with Crippen molar-refractivity contribution in [2.45, 2.75) is 19.6 Å². The molecule has 0 aliphatic heterocycles. The van der Waals surface area contributed by atoms with Gasteiger partial charge in [0.15, 0.2) is 0 Å². The molecule has 0 spiro atoms. The first-order valence-corrected chi connectivity index (χ1v) is 6.97. The maximum absolute atomic E-state index is 9.48. The van der Waals surface area contributed by atoms with Gasteiger partial charge < -0.3 is 9.84 Å². The Morgan fingerprint density at radius 2 is 2.24 bits per heavy atom. The molecule has 1 heterocycles. The zero-order chi connectivity index (χ0) is 12.3. The number of ether oxygens (including phenoxy) is 1. The van der Waals surface area contributed by atoms with Crippen molar-refractivity contribution in [2.24, 2.45) is 0 Å². The second-order valence-electron chi connectivity index (χ2n) is 3.73. The van der Waals surface area contributed by atoms with E-state index in [1.807, 2.05) is 35.7 Å². The van der Waals surface area contributed by atoms with Crippen molar-refractivity contribution in [3.05, 3.63) is 50.6 Å². The number of benzene rings is 1. The van der Waals surface area contributed by atoms with Crippen molar-refractivity contribution in [1.82, 2.24) is 0 Å². The molecule has 0 bridgehead atoms. The predicted octanol–water partition coefficient (Wildman–Crippen LogP) is 4.14. The molecule has 90 valence electrons. The molecule has 0 fully saturated rings. The molecule has 0 saturated heterocycles. The van der Waals surface area contributed by atoms with E-state index in [2.05, 4.69) is 15.9 Å². The summed E-state index contributed by atoms with van der Waals surface area (Å²) >= 11 is 5.13. The van der Waals surface area contributed by atoms with Gasteiger partial charge in [0.05, 0.1) is 11.0 Å². The summed E-state index contributed by atoms with van der Waals surface area (Å²) in [5.41, 5.74) is 0.868. The van der Waals surface area contributed by atoms with Crippen molar-refractivity contribution in [2.75, 3.05) is 0 Å². The van der Waals surface area contributed by atoms with E-state index in [9.17, 15) is 5.11 Å². The van der Waals surface area contributed by atoms with Gasteiger partial charge in [-0.05, 0) is 52.0 Å². The highest BCUT2D eigenvalue weighted by Gasteiger charge is 2.04. The third-order valence-electron chi connectivity index (χ3n) is 2.40. The molecular formula is C13H13BrO2S. The third-order valence-corrected chi connectivity index (χ3v) is 4.30. The molecule has 17 heavy (non-hydrogen) atoms. The average Bonchev–Trinajstić information content (AvgIpc) is 2.72. The van der Waals surface area contributed by atoms with Gasteiger partial charge >= 0.3 is 0 Å². The van der Waals surface area contributed by atoms with Crippen LogP contribution in [0.1, 0.15) is 23.5 Å². The third kappa shape index (κ3) is 3.31. The molecule has 0 aliphatic rings. The Morgan fingerprint density at radius 1 is 1.41 bits per heavy atom. The first-order chi connectivity index (χ1) is 8.16. The molecular weight excluding hydrogens is 300 g/mol. The summed E-state index contributed by atoms with van der Waals surface area (Å²) in [6.45, 7) is 2.29. The van der Waals surface area contributed by atoms with Gasteiger partial charge in [0.2, 0.25) is 0 Å². The van der Waals surface area contributed by atoms with Crippen LogP contribution in [0.15, 0.2) is 40.2 Å². The van der Waals surface area contributed by atoms with Crippen molar-refractivity contribution in [3.8, 4) is 5.75 Å². The number of hydrogen-bond acceptors (Lipinski definition) is 3. The van der Waals surface area contributed by atoms with Crippen LogP contribution in [0, 0.1) is 0 Å². The fourth-order valence-electron chi connectivity index (χ4n) is 1.44. The summed E-state index contributed by atoms with van der Waals surface area (Å²) in [7, 11) is 0. The molecule has 0 saturated carbocycles. The van der Waals surface area contributed by atoms with Crippen LogP contribution in [0.4, 0.5) is 0 Å². The minimum Gasteiger partial charge on any atom is -0.488 e. The van der Waals surface area contributed by atoms with Gasteiger partial charge in [-0.1, -0.05) is 12.1 Å². The molecule has 0 amide bonds. The number of hydrogen-bond donors (Lipinski definition) is 1. The van der Waals surface area contributed by atoms with Crippen LogP contribution in [0.5, 0.6) is 5.75 Å². The fraction of sp³-hybridized carbons (Fsp3) is 0.231. The van der Waals surface area contributed by atoms with Crippen molar-refractivity contribution in [1.29, 1.82) is 0 Å². The fourth-order valence-corrected chi connectivity index (χ4v) is 2.82. The molecule has 0 aliphatic carbocycles. The normalized spacial score (nSPS) is 12.4. The topological polar surface area (TPSA) is 29.5 Å². The van der Waals surface area contributed by atoms with E-state index in [-0.39, 0.29) is 0 Å². The summed E-state index contributed by atoms with van der Waals surface area (Å²) in [6, 6.07) is 9.55. The summed E-state index contributed by atoms with van der Waals surface area (Å²) in [5.74, 6) is 0.781. The Balaban J connectivity index is 2.04. The molecule has 2 rings (SSSR count). The van der Waals surface area contributed by atoms with Gasteiger partial charge in [0.1, 0.15) is 12.4 Å². The zero-order valence-electron chi connectivity index (χ0n) is 9.39. The molecule has 1 aromatic carbocycles. The Kier molecular flexibility index (Phi) is 4.20. The molecule has 2 aromatic rings. The zero-order valence-corrected chi connectivity index (χ0v) is 11.8. The predicted molar refractivity (Wildman–Crippen MR) is 73.4 cm³/mol. The lowest BCUT2D eigenvalue weighted by Crippen LogP contribution is -1.96. The molecule has 1 N–H and O–H groups in total. The van der Waals surface area contributed by atoms with Crippen molar-refractivity contribution >= 4 is 27.3 Å². The maximum atomic E-state index is 9.48. The van der Waals surface area contributed by atoms with E-state index in [0.29, 0.717) is 6.61 Å². The van der Waals surface area contributed by atoms with Crippen LogP contribution < -0.4 is 4.74 Å². The summed E-state index contributed by atoms with van der Waals surface area (Å²) < 4.78 is 6.77. The highest BCUT2D eigenvalue weighted by molar-refractivity contribution is 9.10. The van der Waals surface area contributed by atoms with Crippen LogP contribution in [-0.2, 0) is 6.61 Å². The molecule has 2 nitrogen and oxygen atoms in total. The number of aliphatic hydroxyl groups is 1. The summed E-state index contributed by atoms with van der Waals surface area (Å²) in [4.78, 5) is 1.16. The standard InChI is InChI=1S/C13H13BrO2S/c1-9(15)10-3-2-4-11(7-10)16-8-13-12(14)5-6-17-13/h2-7,9,15H,8H2,1H3. The lowest BCUT2D eigenvalue weighted by molar-refractivity contribution is 0.198. The maximum Gasteiger partial charge on any atom is 0.124 e. The van der Waals surface area contributed by atoms with Crippen LogP contribution in [0.25, 0.3) is 0 Å². The number of thiophene rings is 1. The van der Waals surface area contributed by atoms with Crippen molar-refractivity contribution < 1.29 is 9.84 Å². The van der Waals surface area contributed by atoms with E-state index in [1.165, 1.54) is 0 Å². The quantitative estimate of drug-likeness (QED) is 0.919. The largest absolute Gasteiger partial charge is 0.488 e. The Bertz CT molecular complexity index is 494. The van der Waals surface area contributed by atoms with Gasteiger partial charge in [0, 0.05) is 4.47 Å². The van der Waals surface area contributed by atoms with E-state index >= 15 is 0 Å². The monoisotopic (exact) mass is 312 g/mol. The number of rotatable bonds is 4. The van der Waals surface area contributed by atoms with Crippen LogP contribution in [0.3, 0.4) is 0 Å². The van der Waals surface area contributed by atoms with Crippen molar-refractivity contribution in [3.63, 3.8) is 0 Å². The molecule has 1 atom stereocenters. The first kappa shape index (κ1) is 12.6. The Hall–Kier alpha value is -0.840. The molecule has 1 unspecified atom stereocenters. The summed E-state index contributed by atoms with van der Waals surface area (Å²) in [5, 5.41) is 11.5. The Labute approximate surface area is 113 Å². The van der Waals surface area contributed by atoms with Gasteiger partial charge in [-0.25, -0.2) is 0 Å². The van der Waals surface area contributed by atoms with Gasteiger partial charge in [0.25, 0.3) is 0 Å². The van der Waals surface area contributed by atoms with Gasteiger partial charge in [-0.3, -0.25) is 0 Å². The van der Waals surface area contributed by atoms with Gasteiger partial charge in [-0.15, -0.1) is 11.3 Å². The van der Waals surface area contributed by atoms with E-state index in [0.717, 1.165) is 20.7 Å². The van der Waals surface area contributed by atoms with E-state index < -0.39 is 6.10 Å². The summed E-state index contributed by atoms with van der Waals surface area (Å²) in [6.07, 6.45) is -0.466. The van der Waals surface area contributed by atoms with Gasteiger partial charge in [-0.2, -0.15) is 0 Å². The lowest BCUT2D eigenvalue weighted by Gasteiger charge is -2.09. The highest BCUT2D eigenvalue weighted by Crippen LogP contribution is 2.25. The van der Waals surface area contributed by atoms with E-state index in [4.69, 9.17) is 4.74 Å². The minimum atomic E-state index is -0.466. The Morgan fingerprint density at radius 3 is 2.88 bits per heavy atom. The molecule has 4 heteroatoms. The minimum absolute atomic E-state index is 0.466. The van der Waals surface area contributed by atoms with Crippen LogP contribution >= 0.6 is 27.3 Å². The van der Waals surface area contributed by atoms with E-state index in [1.54, 1.807) is 18.3 Å². The smallest absolute Gasteiger partial charge is 0.124 e. The second kappa shape index (κ2) is 5.67. The SMILES string of the molecule is CC(O)c1cccc(OCc2sccc2Br)c1. The lowest BCUT2D eigenvalue weighted by atomic mass is 10.1. The second-order valence-corrected chi connectivity index (χ2v) is 5.58. The van der Waals surface area contributed by atoms with Crippen LogP contribution in [0.2, 0.25) is 0 Å². The average molecular weight is 313 g/mol.